The normalized spacial score (nSPS) is 9.71. The maximum Gasteiger partial charge on any atom is 0.331 e. The quantitative estimate of drug-likeness (QED) is 0.591. The largest absolute Gasteiger partial charge is 0.369 e. The van der Waals surface area contributed by atoms with Gasteiger partial charge in [-0.3, -0.25) is 18.7 Å². The highest BCUT2D eigenvalue weighted by atomic mass is 16.2. The van der Waals surface area contributed by atoms with E-state index in [9.17, 15) is 14.4 Å². The SMILES string of the molecule is C#Cc1c(NCC(N)=O)c(=O)n(C)c(=O)n1C. The van der Waals surface area contributed by atoms with Gasteiger partial charge in [-0.25, -0.2) is 4.79 Å². The van der Waals surface area contributed by atoms with Crippen LogP contribution in [-0.4, -0.2) is 21.6 Å². The van der Waals surface area contributed by atoms with E-state index in [1.807, 2.05) is 0 Å². The second-order valence-corrected chi connectivity index (χ2v) is 3.39. The molecule has 0 aromatic carbocycles. The van der Waals surface area contributed by atoms with Gasteiger partial charge in [0.15, 0.2) is 0 Å². The summed E-state index contributed by atoms with van der Waals surface area (Å²) in [6.45, 7) is -0.234. The van der Waals surface area contributed by atoms with Crippen molar-refractivity contribution >= 4 is 11.6 Å². The second kappa shape index (κ2) is 4.57. The number of nitrogens with zero attached hydrogens (tertiary/aromatic N) is 2. The predicted octanol–water partition coefficient (Wildman–Crippen LogP) is -2.04. The summed E-state index contributed by atoms with van der Waals surface area (Å²) >= 11 is 0. The summed E-state index contributed by atoms with van der Waals surface area (Å²) in [4.78, 5) is 34.0. The van der Waals surface area contributed by atoms with Crippen molar-refractivity contribution in [2.24, 2.45) is 19.8 Å². The van der Waals surface area contributed by atoms with E-state index >= 15 is 0 Å². The third-order valence-corrected chi connectivity index (χ3v) is 2.24. The summed E-state index contributed by atoms with van der Waals surface area (Å²) in [5, 5.41) is 2.53. The molecule has 7 nitrogen and oxygen atoms in total. The lowest BCUT2D eigenvalue weighted by molar-refractivity contribution is -0.116. The number of hydrogen-bond acceptors (Lipinski definition) is 4. The molecule has 3 N–H and O–H groups in total. The van der Waals surface area contributed by atoms with Crippen LogP contribution in [0.4, 0.5) is 5.69 Å². The molecule has 0 bridgehead atoms. The molecule has 1 amide bonds. The highest BCUT2D eigenvalue weighted by Gasteiger charge is 2.13. The lowest BCUT2D eigenvalue weighted by Gasteiger charge is -2.11. The van der Waals surface area contributed by atoms with Crippen LogP contribution in [0.25, 0.3) is 0 Å². The first-order valence-corrected chi connectivity index (χ1v) is 4.69. The van der Waals surface area contributed by atoms with Crippen molar-refractivity contribution in [1.29, 1.82) is 0 Å². The highest BCUT2D eigenvalue weighted by Crippen LogP contribution is 2.04. The number of amides is 1. The van der Waals surface area contributed by atoms with Gasteiger partial charge in [0, 0.05) is 14.1 Å². The zero-order chi connectivity index (χ0) is 13.2. The number of hydrogen-bond donors (Lipinski definition) is 2. The Morgan fingerprint density at radius 1 is 1.41 bits per heavy atom. The van der Waals surface area contributed by atoms with Crippen LogP contribution < -0.4 is 22.3 Å². The van der Waals surface area contributed by atoms with Crippen LogP contribution >= 0.6 is 0 Å². The van der Waals surface area contributed by atoms with E-state index in [0.717, 1.165) is 9.13 Å². The molecule has 0 saturated heterocycles. The topological polar surface area (TPSA) is 99.1 Å². The fraction of sp³-hybridized carbons (Fsp3) is 0.300. The van der Waals surface area contributed by atoms with E-state index < -0.39 is 17.2 Å². The van der Waals surface area contributed by atoms with Crippen molar-refractivity contribution in [2.75, 3.05) is 11.9 Å². The Morgan fingerprint density at radius 3 is 2.47 bits per heavy atom. The Morgan fingerprint density at radius 2 is 2.00 bits per heavy atom. The zero-order valence-electron chi connectivity index (χ0n) is 9.48. The Kier molecular flexibility index (Phi) is 3.38. The van der Waals surface area contributed by atoms with Gasteiger partial charge in [-0.05, 0) is 5.92 Å². The molecule has 1 aromatic heterocycles. The van der Waals surface area contributed by atoms with Crippen molar-refractivity contribution in [3.63, 3.8) is 0 Å². The monoisotopic (exact) mass is 236 g/mol. The third kappa shape index (κ3) is 2.20. The maximum absolute atomic E-state index is 11.8. The van der Waals surface area contributed by atoms with E-state index in [4.69, 9.17) is 12.2 Å². The summed E-state index contributed by atoms with van der Waals surface area (Å²) in [5.74, 6) is 1.60. The number of nitrogens with one attached hydrogen (secondary N) is 1. The number of terminal acetylenes is 1. The molecule has 7 heteroatoms. The van der Waals surface area contributed by atoms with Crippen molar-refractivity contribution in [1.82, 2.24) is 9.13 Å². The molecule has 0 radical (unpaired) electrons. The molecule has 1 aromatic rings. The van der Waals surface area contributed by atoms with Gasteiger partial charge in [0.2, 0.25) is 5.91 Å². The van der Waals surface area contributed by atoms with E-state index in [1.54, 1.807) is 0 Å². The molecule has 0 unspecified atom stereocenters. The Balaban J connectivity index is 3.49. The van der Waals surface area contributed by atoms with Crippen molar-refractivity contribution < 1.29 is 4.79 Å². The van der Waals surface area contributed by atoms with E-state index in [0.29, 0.717) is 0 Å². The first kappa shape index (κ1) is 12.6. The van der Waals surface area contributed by atoms with Crippen LogP contribution in [0, 0.1) is 12.3 Å². The van der Waals surface area contributed by atoms with Gasteiger partial charge in [0.25, 0.3) is 5.56 Å². The van der Waals surface area contributed by atoms with Gasteiger partial charge < -0.3 is 11.1 Å². The van der Waals surface area contributed by atoms with Crippen LogP contribution in [0.3, 0.4) is 0 Å². The summed E-state index contributed by atoms with van der Waals surface area (Å²) in [6, 6.07) is 0. The number of primary amides is 1. The van der Waals surface area contributed by atoms with E-state index in [-0.39, 0.29) is 17.9 Å². The molecule has 0 aliphatic rings. The molecular formula is C10H12N4O3. The van der Waals surface area contributed by atoms with E-state index in [1.165, 1.54) is 14.1 Å². The molecule has 17 heavy (non-hydrogen) atoms. The molecule has 0 aliphatic heterocycles. The van der Waals surface area contributed by atoms with Crippen LogP contribution in [-0.2, 0) is 18.9 Å². The number of anilines is 1. The smallest absolute Gasteiger partial charge is 0.331 e. The molecule has 90 valence electrons. The number of carbonyl (C=O) groups excluding carboxylic acids is 1. The summed E-state index contributed by atoms with van der Waals surface area (Å²) in [7, 11) is 2.76. The molecule has 0 atom stereocenters. The van der Waals surface area contributed by atoms with Gasteiger partial charge in [0.1, 0.15) is 11.4 Å². The minimum Gasteiger partial charge on any atom is -0.369 e. The Bertz CT molecular complexity index is 618. The van der Waals surface area contributed by atoms with Gasteiger partial charge in [-0.1, -0.05) is 0 Å². The molecule has 0 aliphatic carbocycles. The minimum absolute atomic E-state index is 0.0101. The first-order valence-electron chi connectivity index (χ1n) is 4.69. The van der Waals surface area contributed by atoms with Crippen LogP contribution in [0.1, 0.15) is 5.69 Å². The van der Waals surface area contributed by atoms with Crippen molar-refractivity contribution in [3.8, 4) is 12.3 Å². The minimum atomic E-state index is -0.635. The lowest BCUT2D eigenvalue weighted by atomic mass is 10.3. The average Bonchev–Trinajstić information content (AvgIpc) is 2.29. The average molecular weight is 236 g/mol. The first-order chi connectivity index (χ1) is 7.90. The Labute approximate surface area is 96.9 Å². The lowest BCUT2D eigenvalue weighted by Crippen LogP contribution is -2.40. The molecule has 0 fully saturated rings. The van der Waals surface area contributed by atoms with E-state index in [2.05, 4.69) is 11.2 Å². The van der Waals surface area contributed by atoms with Gasteiger partial charge in [0.05, 0.1) is 6.54 Å². The molecule has 1 heterocycles. The van der Waals surface area contributed by atoms with Gasteiger partial charge in [-0.15, -0.1) is 6.42 Å². The van der Waals surface area contributed by atoms with Crippen LogP contribution in [0.2, 0.25) is 0 Å². The number of rotatable bonds is 3. The number of nitrogens with two attached hydrogens (primary N) is 1. The maximum atomic E-state index is 11.8. The highest BCUT2D eigenvalue weighted by molar-refractivity contribution is 5.79. The number of aromatic nitrogens is 2. The number of carbonyl (C=O) groups is 1. The second-order valence-electron chi connectivity index (χ2n) is 3.39. The van der Waals surface area contributed by atoms with Crippen molar-refractivity contribution in [3.05, 3.63) is 26.5 Å². The molecule has 0 saturated carbocycles. The molecule has 0 spiro atoms. The van der Waals surface area contributed by atoms with Gasteiger partial charge >= 0.3 is 5.69 Å². The fourth-order valence-corrected chi connectivity index (χ4v) is 1.35. The molecule has 1 rings (SSSR count). The Hall–Kier alpha value is -2.49. The summed E-state index contributed by atoms with van der Waals surface area (Å²) < 4.78 is 2.04. The van der Waals surface area contributed by atoms with Crippen molar-refractivity contribution in [2.45, 2.75) is 0 Å². The fourth-order valence-electron chi connectivity index (χ4n) is 1.35. The van der Waals surface area contributed by atoms with Crippen LogP contribution in [0.15, 0.2) is 9.59 Å². The summed E-state index contributed by atoms with van der Waals surface area (Å²) in [6.07, 6.45) is 5.23. The third-order valence-electron chi connectivity index (χ3n) is 2.24. The standard InChI is InChI=1S/C10H12N4O3/c1-4-6-8(12-5-7(11)15)9(16)14(3)10(17)13(6)2/h1,12H,5H2,2-3H3,(H2,11,15). The molecular weight excluding hydrogens is 224 g/mol. The van der Waals surface area contributed by atoms with Crippen LogP contribution in [0.5, 0.6) is 0 Å². The predicted molar refractivity (Wildman–Crippen MR) is 62.5 cm³/mol. The zero-order valence-corrected chi connectivity index (χ0v) is 9.48. The van der Waals surface area contributed by atoms with Gasteiger partial charge in [-0.2, -0.15) is 0 Å². The summed E-state index contributed by atoms with van der Waals surface area (Å²) in [5.41, 5.74) is 3.92.